The molecule has 0 amide bonds. The predicted octanol–water partition coefficient (Wildman–Crippen LogP) is 1.78. The first-order chi connectivity index (χ1) is 7.39. The molecule has 5 nitrogen and oxygen atoms in total. The van der Waals surface area contributed by atoms with Crippen LogP contribution in [-0.4, -0.2) is 18.7 Å². The van der Waals surface area contributed by atoms with Gasteiger partial charge in [-0.15, -0.1) is 0 Å². The van der Waals surface area contributed by atoms with Gasteiger partial charge in [0.15, 0.2) is 0 Å². The molecule has 6 heteroatoms. The molecule has 0 aromatic heterocycles. The van der Waals surface area contributed by atoms with Crippen LogP contribution in [0.25, 0.3) is 0 Å². The molecule has 1 aromatic rings. The molecule has 1 rings (SSSR count). The van der Waals surface area contributed by atoms with E-state index in [2.05, 4.69) is 0 Å². The van der Waals surface area contributed by atoms with Gasteiger partial charge in [0, 0.05) is 11.3 Å². The summed E-state index contributed by atoms with van der Waals surface area (Å²) in [5.41, 5.74) is 0.910. The molecule has 0 saturated carbocycles. The molecule has 16 heavy (non-hydrogen) atoms. The molecule has 88 valence electrons. The van der Waals surface area contributed by atoms with Crippen LogP contribution in [-0.2, 0) is 9.84 Å². The van der Waals surface area contributed by atoms with E-state index in [1.807, 2.05) is 6.92 Å². The van der Waals surface area contributed by atoms with Crippen molar-refractivity contribution < 1.29 is 13.3 Å². The number of nitrogens with zero attached hydrogens (tertiary/aromatic N) is 1. The van der Waals surface area contributed by atoms with Gasteiger partial charge in [-0.05, 0) is 19.1 Å². The molecule has 0 spiro atoms. The Morgan fingerprint density at radius 3 is 2.19 bits per heavy atom. The van der Waals surface area contributed by atoms with Crippen molar-refractivity contribution in [1.29, 1.82) is 0 Å². The number of aryl methyl sites for hydroxylation is 1. The third-order valence-electron chi connectivity index (χ3n) is 2.29. The summed E-state index contributed by atoms with van der Waals surface area (Å²) in [6.45, 7) is 3.31. The second-order valence-electron chi connectivity index (χ2n) is 3.51. The molecule has 1 atom stereocenters. The molecule has 0 unspecified atom stereocenters. The normalized spacial score (nSPS) is 13.4. The zero-order valence-electron chi connectivity index (χ0n) is 9.08. The van der Waals surface area contributed by atoms with E-state index < -0.39 is 20.1 Å². The Balaban J connectivity index is 3.20. The number of sulfone groups is 1. The fraction of sp³-hybridized carbons (Fsp3) is 0.400. The summed E-state index contributed by atoms with van der Waals surface area (Å²) >= 11 is 0. The lowest BCUT2D eigenvalue weighted by atomic mass is 10.2. The van der Waals surface area contributed by atoms with E-state index in [1.54, 1.807) is 12.1 Å². The van der Waals surface area contributed by atoms with Crippen molar-refractivity contribution in [3.8, 4) is 0 Å². The van der Waals surface area contributed by atoms with Gasteiger partial charge in [0.1, 0.15) is 0 Å². The summed E-state index contributed by atoms with van der Waals surface area (Å²) < 4.78 is 23.7. The molecule has 0 aliphatic rings. The fourth-order valence-corrected chi connectivity index (χ4v) is 2.86. The Labute approximate surface area is 94.2 Å². The quantitative estimate of drug-likeness (QED) is 0.596. The van der Waals surface area contributed by atoms with Gasteiger partial charge in [0.2, 0.25) is 9.84 Å². The number of hydrogen-bond donors (Lipinski definition) is 0. The lowest BCUT2D eigenvalue weighted by Gasteiger charge is -2.08. The van der Waals surface area contributed by atoms with Crippen LogP contribution in [0.15, 0.2) is 29.2 Å². The lowest BCUT2D eigenvalue weighted by Crippen LogP contribution is -2.28. The number of hydrogen-bond acceptors (Lipinski definition) is 4. The van der Waals surface area contributed by atoms with Crippen molar-refractivity contribution >= 4 is 9.84 Å². The van der Waals surface area contributed by atoms with Crippen molar-refractivity contribution in [2.45, 2.75) is 30.5 Å². The van der Waals surface area contributed by atoms with Crippen molar-refractivity contribution in [1.82, 2.24) is 0 Å². The van der Waals surface area contributed by atoms with E-state index in [0.717, 1.165) is 5.56 Å². The molecule has 0 aliphatic carbocycles. The lowest BCUT2D eigenvalue weighted by molar-refractivity contribution is -0.497. The summed E-state index contributed by atoms with van der Waals surface area (Å²) in [7, 11) is -3.87. The molecule has 0 aliphatic heterocycles. The van der Waals surface area contributed by atoms with Gasteiger partial charge in [-0.2, -0.15) is 0 Å². The molecule has 0 heterocycles. The third-order valence-corrected chi connectivity index (χ3v) is 4.44. The summed E-state index contributed by atoms with van der Waals surface area (Å²) in [5.74, 6) is 0. The molecule has 0 fully saturated rings. The van der Waals surface area contributed by atoms with Crippen LogP contribution in [0, 0.1) is 17.0 Å². The van der Waals surface area contributed by atoms with Crippen molar-refractivity contribution in [3.63, 3.8) is 0 Å². The Morgan fingerprint density at radius 1 is 1.31 bits per heavy atom. The van der Waals surface area contributed by atoms with Crippen LogP contribution < -0.4 is 0 Å². The number of nitro groups is 1. The molecule has 0 N–H and O–H groups in total. The first kappa shape index (κ1) is 12.6. The van der Waals surface area contributed by atoms with Crippen LogP contribution in [0.3, 0.4) is 0 Å². The summed E-state index contributed by atoms with van der Waals surface area (Å²) in [6, 6.07) is 6.05. The second-order valence-corrected chi connectivity index (χ2v) is 5.61. The zero-order chi connectivity index (χ0) is 12.3. The van der Waals surface area contributed by atoms with Crippen LogP contribution in [0.1, 0.15) is 18.9 Å². The van der Waals surface area contributed by atoms with E-state index in [9.17, 15) is 18.5 Å². The average molecular weight is 243 g/mol. The monoisotopic (exact) mass is 243 g/mol. The van der Waals surface area contributed by atoms with Gasteiger partial charge in [-0.1, -0.05) is 24.6 Å². The highest BCUT2D eigenvalue weighted by atomic mass is 32.2. The highest BCUT2D eigenvalue weighted by Gasteiger charge is 2.35. The minimum atomic E-state index is -3.87. The predicted molar refractivity (Wildman–Crippen MR) is 59.4 cm³/mol. The Morgan fingerprint density at radius 2 is 1.81 bits per heavy atom. The van der Waals surface area contributed by atoms with E-state index in [0.29, 0.717) is 0 Å². The minimum Gasteiger partial charge on any atom is -0.263 e. The highest BCUT2D eigenvalue weighted by molar-refractivity contribution is 7.91. The summed E-state index contributed by atoms with van der Waals surface area (Å²) in [6.07, 6.45) is -0.0385. The van der Waals surface area contributed by atoms with E-state index in [1.165, 1.54) is 19.1 Å². The Hall–Kier alpha value is -1.43. The average Bonchev–Trinajstić information content (AvgIpc) is 2.18. The second kappa shape index (κ2) is 4.61. The van der Waals surface area contributed by atoms with Crippen molar-refractivity contribution in [2.24, 2.45) is 0 Å². The molecular weight excluding hydrogens is 230 g/mol. The fourth-order valence-electron chi connectivity index (χ4n) is 1.37. The van der Waals surface area contributed by atoms with Crippen molar-refractivity contribution in [3.05, 3.63) is 39.9 Å². The SMILES string of the molecule is CC[C@@H]([N+](=O)[O-])S(=O)(=O)c1ccc(C)cc1. The van der Waals surface area contributed by atoms with Crippen LogP contribution in [0.4, 0.5) is 0 Å². The van der Waals surface area contributed by atoms with E-state index in [-0.39, 0.29) is 11.3 Å². The van der Waals surface area contributed by atoms with Gasteiger partial charge in [-0.3, -0.25) is 10.1 Å². The molecular formula is C10H13NO4S. The smallest absolute Gasteiger partial charge is 0.263 e. The standard InChI is InChI=1S/C10H13NO4S/c1-3-10(11(12)13)16(14,15)9-6-4-8(2)5-7-9/h4-7,10H,3H2,1-2H3/t10-/m0/s1. The van der Waals surface area contributed by atoms with Gasteiger partial charge in [0.05, 0.1) is 4.90 Å². The van der Waals surface area contributed by atoms with Gasteiger partial charge < -0.3 is 0 Å². The zero-order valence-corrected chi connectivity index (χ0v) is 9.90. The van der Waals surface area contributed by atoms with Gasteiger partial charge >= 0.3 is 5.37 Å². The first-order valence-corrected chi connectivity index (χ1v) is 6.38. The number of rotatable bonds is 4. The highest BCUT2D eigenvalue weighted by Crippen LogP contribution is 2.19. The number of benzene rings is 1. The summed E-state index contributed by atoms with van der Waals surface area (Å²) in [5, 5.41) is 9.08. The van der Waals surface area contributed by atoms with Gasteiger partial charge in [-0.25, -0.2) is 8.42 Å². The van der Waals surface area contributed by atoms with E-state index >= 15 is 0 Å². The van der Waals surface area contributed by atoms with Gasteiger partial charge in [0.25, 0.3) is 0 Å². The largest absolute Gasteiger partial charge is 0.314 e. The maximum absolute atomic E-state index is 11.9. The Bertz CT molecular complexity index is 478. The molecule has 1 aromatic carbocycles. The molecule has 0 saturated heterocycles. The first-order valence-electron chi connectivity index (χ1n) is 4.83. The maximum Gasteiger partial charge on any atom is 0.314 e. The van der Waals surface area contributed by atoms with Crippen LogP contribution in [0.5, 0.6) is 0 Å². The third kappa shape index (κ3) is 2.38. The summed E-state index contributed by atoms with van der Waals surface area (Å²) in [4.78, 5) is 9.89. The van der Waals surface area contributed by atoms with Crippen molar-refractivity contribution in [2.75, 3.05) is 0 Å². The maximum atomic E-state index is 11.9. The molecule has 0 bridgehead atoms. The van der Waals surface area contributed by atoms with Crippen LogP contribution >= 0.6 is 0 Å². The topological polar surface area (TPSA) is 77.3 Å². The molecule has 0 radical (unpaired) electrons. The van der Waals surface area contributed by atoms with E-state index in [4.69, 9.17) is 0 Å². The van der Waals surface area contributed by atoms with Crippen LogP contribution in [0.2, 0.25) is 0 Å². The Kier molecular flexibility index (Phi) is 3.64. The minimum absolute atomic E-state index is 0.00153.